The van der Waals surface area contributed by atoms with Crippen molar-refractivity contribution in [1.82, 2.24) is 0 Å². The molecule has 0 radical (unpaired) electrons. The van der Waals surface area contributed by atoms with Gasteiger partial charge in [-0.15, -0.1) is 0 Å². The number of halogens is 3. The summed E-state index contributed by atoms with van der Waals surface area (Å²) in [6.45, 7) is 0. The predicted octanol–water partition coefficient (Wildman–Crippen LogP) is 5.21. The van der Waals surface area contributed by atoms with E-state index in [4.69, 9.17) is 27.9 Å². The molecule has 2 aromatic rings. The van der Waals surface area contributed by atoms with E-state index in [0.717, 1.165) is 0 Å². The average Bonchev–Trinajstić information content (AvgIpc) is 2.44. The van der Waals surface area contributed by atoms with E-state index in [0.29, 0.717) is 32.5 Å². The molecule has 106 valence electrons. The lowest BCUT2D eigenvalue weighted by atomic mass is 10.0. The summed E-state index contributed by atoms with van der Waals surface area (Å²) in [6, 6.07) is 11.1. The molecule has 0 unspecified atom stereocenters. The van der Waals surface area contributed by atoms with Gasteiger partial charge in [-0.1, -0.05) is 35.3 Å². The fourth-order valence-electron chi connectivity index (χ4n) is 1.86. The number of nitrogens with zero attached hydrogens (tertiary/aromatic N) is 1. The van der Waals surface area contributed by atoms with E-state index in [1.54, 1.807) is 30.3 Å². The van der Waals surface area contributed by atoms with Gasteiger partial charge in [0.05, 0.1) is 28.8 Å². The van der Waals surface area contributed by atoms with Gasteiger partial charge in [-0.05, 0) is 41.5 Å². The molecule has 21 heavy (non-hydrogen) atoms. The first-order chi connectivity index (χ1) is 10.0. The van der Waals surface area contributed by atoms with E-state index >= 15 is 0 Å². The van der Waals surface area contributed by atoms with Gasteiger partial charge in [0.15, 0.2) is 5.75 Å². The van der Waals surface area contributed by atoms with Gasteiger partial charge in [0.1, 0.15) is 5.82 Å². The Morgan fingerprint density at radius 2 is 1.90 bits per heavy atom. The van der Waals surface area contributed by atoms with Gasteiger partial charge >= 0.3 is 0 Å². The summed E-state index contributed by atoms with van der Waals surface area (Å²) >= 11 is 12.1. The minimum atomic E-state index is -0.403. The third kappa shape index (κ3) is 3.55. The molecule has 0 amide bonds. The van der Waals surface area contributed by atoms with Crippen LogP contribution in [-0.2, 0) is 0 Å². The van der Waals surface area contributed by atoms with Crippen LogP contribution in [0.15, 0.2) is 36.4 Å². The van der Waals surface area contributed by atoms with Crippen molar-refractivity contribution in [2.24, 2.45) is 0 Å². The van der Waals surface area contributed by atoms with Crippen LogP contribution in [0.25, 0.3) is 11.6 Å². The molecule has 2 aromatic carbocycles. The highest BCUT2D eigenvalue weighted by atomic mass is 35.5. The van der Waals surface area contributed by atoms with Crippen molar-refractivity contribution in [2.75, 3.05) is 7.11 Å². The van der Waals surface area contributed by atoms with Crippen LogP contribution in [-0.4, -0.2) is 7.11 Å². The van der Waals surface area contributed by atoms with Gasteiger partial charge in [0, 0.05) is 0 Å². The van der Waals surface area contributed by atoms with E-state index in [1.807, 2.05) is 6.07 Å². The average molecular weight is 322 g/mol. The first-order valence-electron chi connectivity index (χ1n) is 5.96. The van der Waals surface area contributed by atoms with Crippen LogP contribution in [0, 0.1) is 17.1 Å². The fourth-order valence-corrected chi connectivity index (χ4v) is 2.52. The van der Waals surface area contributed by atoms with Crippen LogP contribution in [0.3, 0.4) is 0 Å². The molecule has 0 heterocycles. The molecule has 0 saturated heterocycles. The normalized spacial score (nSPS) is 11.1. The number of rotatable bonds is 3. The van der Waals surface area contributed by atoms with Gasteiger partial charge in [-0.2, -0.15) is 5.26 Å². The maximum Gasteiger partial charge on any atom is 0.156 e. The zero-order valence-corrected chi connectivity index (χ0v) is 12.5. The molecule has 0 fully saturated rings. The number of nitriles is 1. The Balaban J connectivity index is 2.49. The van der Waals surface area contributed by atoms with E-state index in [1.165, 1.54) is 19.2 Å². The third-order valence-corrected chi connectivity index (χ3v) is 3.35. The van der Waals surface area contributed by atoms with Crippen LogP contribution >= 0.6 is 23.2 Å². The summed E-state index contributed by atoms with van der Waals surface area (Å²) in [5.74, 6) is -0.0285. The molecular formula is C16H10Cl2FNO. The van der Waals surface area contributed by atoms with E-state index in [9.17, 15) is 9.65 Å². The molecule has 0 aliphatic rings. The summed E-state index contributed by atoms with van der Waals surface area (Å²) in [7, 11) is 1.47. The van der Waals surface area contributed by atoms with Crippen molar-refractivity contribution in [2.45, 2.75) is 0 Å². The standard InChI is InChI=1S/C16H10Cl2FNO/c1-21-16-14(17)6-10(7-15(16)18)5-12(9-20)11-3-2-4-13(19)8-11/h2-8H,1H3/b12-5-. The number of ether oxygens (including phenoxy) is 1. The van der Waals surface area contributed by atoms with E-state index in [-0.39, 0.29) is 0 Å². The lowest BCUT2D eigenvalue weighted by Gasteiger charge is -2.07. The topological polar surface area (TPSA) is 33.0 Å². The maximum atomic E-state index is 13.2. The summed E-state index contributed by atoms with van der Waals surface area (Å²) in [4.78, 5) is 0. The zero-order valence-electron chi connectivity index (χ0n) is 11.0. The molecule has 0 aromatic heterocycles. The molecule has 0 N–H and O–H groups in total. The number of hydrogen-bond acceptors (Lipinski definition) is 2. The Hall–Kier alpha value is -2.02. The maximum absolute atomic E-state index is 13.2. The molecule has 0 aliphatic carbocycles. The highest BCUT2D eigenvalue weighted by Gasteiger charge is 2.09. The van der Waals surface area contributed by atoms with Crippen molar-refractivity contribution in [3.8, 4) is 11.8 Å². The molecule has 2 rings (SSSR count). The number of allylic oxidation sites excluding steroid dienone is 1. The van der Waals surface area contributed by atoms with Gasteiger partial charge in [-0.25, -0.2) is 4.39 Å². The van der Waals surface area contributed by atoms with Crippen LogP contribution in [0.1, 0.15) is 11.1 Å². The van der Waals surface area contributed by atoms with E-state index in [2.05, 4.69) is 0 Å². The minimum absolute atomic E-state index is 0.312. The highest BCUT2D eigenvalue weighted by Crippen LogP contribution is 2.34. The van der Waals surface area contributed by atoms with Crippen molar-refractivity contribution in [3.05, 3.63) is 63.4 Å². The summed E-state index contributed by atoms with van der Waals surface area (Å²) in [5.41, 5.74) is 1.43. The monoisotopic (exact) mass is 321 g/mol. The fraction of sp³-hybridized carbons (Fsp3) is 0.0625. The Morgan fingerprint density at radius 1 is 1.24 bits per heavy atom. The van der Waals surface area contributed by atoms with E-state index < -0.39 is 5.82 Å². The second-order valence-corrected chi connectivity index (χ2v) is 5.01. The third-order valence-electron chi connectivity index (χ3n) is 2.79. The summed E-state index contributed by atoms with van der Waals surface area (Å²) in [5, 5.41) is 9.92. The Kier molecular flexibility index (Phi) is 4.85. The second kappa shape index (κ2) is 6.62. The Morgan fingerprint density at radius 3 is 2.43 bits per heavy atom. The summed E-state index contributed by atoms with van der Waals surface area (Å²) in [6.07, 6.45) is 1.59. The van der Waals surface area contributed by atoms with Gasteiger partial charge in [-0.3, -0.25) is 0 Å². The zero-order chi connectivity index (χ0) is 15.4. The first-order valence-corrected chi connectivity index (χ1v) is 6.71. The largest absolute Gasteiger partial charge is 0.494 e. The van der Waals surface area contributed by atoms with Crippen molar-refractivity contribution < 1.29 is 9.13 Å². The van der Waals surface area contributed by atoms with Gasteiger partial charge < -0.3 is 4.74 Å². The quantitative estimate of drug-likeness (QED) is 0.574. The molecular weight excluding hydrogens is 312 g/mol. The molecule has 0 atom stereocenters. The lowest BCUT2D eigenvalue weighted by Crippen LogP contribution is -1.88. The van der Waals surface area contributed by atoms with Crippen molar-refractivity contribution in [3.63, 3.8) is 0 Å². The number of benzene rings is 2. The molecule has 0 bridgehead atoms. The van der Waals surface area contributed by atoms with Crippen LogP contribution in [0.5, 0.6) is 5.75 Å². The van der Waals surface area contributed by atoms with Crippen LogP contribution in [0.4, 0.5) is 4.39 Å². The SMILES string of the molecule is COc1c(Cl)cc(/C=C(/C#N)c2cccc(F)c2)cc1Cl. The van der Waals surface area contributed by atoms with Crippen molar-refractivity contribution in [1.29, 1.82) is 5.26 Å². The van der Waals surface area contributed by atoms with Crippen LogP contribution in [0.2, 0.25) is 10.0 Å². The second-order valence-electron chi connectivity index (χ2n) is 4.20. The molecule has 0 spiro atoms. The Bertz CT molecular complexity index is 727. The predicted molar refractivity (Wildman–Crippen MR) is 82.9 cm³/mol. The molecule has 5 heteroatoms. The number of hydrogen-bond donors (Lipinski definition) is 0. The van der Waals surface area contributed by atoms with Crippen LogP contribution < -0.4 is 4.74 Å². The number of methoxy groups -OCH3 is 1. The smallest absolute Gasteiger partial charge is 0.156 e. The van der Waals surface area contributed by atoms with Gasteiger partial charge in [0.2, 0.25) is 0 Å². The Labute approximate surface area is 132 Å². The molecule has 0 saturated carbocycles. The van der Waals surface area contributed by atoms with Crippen molar-refractivity contribution >= 4 is 34.9 Å². The molecule has 2 nitrogen and oxygen atoms in total. The highest BCUT2D eigenvalue weighted by molar-refractivity contribution is 6.37. The molecule has 0 aliphatic heterocycles. The summed E-state index contributed by atoms with van der Waals surface area (Å²) < 4.78 is 18.3. The van der Waals surface area contributed by atoms with Gasteiger partial charge in [0.25, 0.3) is 0 Å². The lowest BCUT2D eigenvalue weighted by molar-refractivity contribution is 0.415. The first kappa shape index (κ1) is 15.4. The minimum Gasteiger partial charge on any atom is -0.494 e.